The Labute approximate surface area is 91.1 Å². The third kappa shape index (κ3) is 2.25. The van der Waals surface area contributed by atoms with E-state index < -0.39 is 0 Å². The van der Waals surface area contributed by atoms with E-state index in [1.165, 1.54) is 28.9 Å². The van der Waals surface area contributed by atoms with E-state index in [0.717, 1.165) is 5.56 Å². The maximum absolute atomic E-state index is 12.7. The molecule has 0 amide bonds. The van der Waals surface area contributed by atoms with Gasteiger partial charge < -0.3 is 5.73 Å². The molecule has 0 spiro atoms. The summed E-state index contributed by atoms with van der Waals surface area (Å²) < 4.78 is 13.9. The van der Waals surface area contributed by atoms with E-state index in [0.29, 0.717) is 0 Å². The van der Waals surface area contributed by atoms with Crippen LogP contribution in [0.2, 0.25) is 0 Å². The quantitative estimate of drug-likeness (QED) is 0.820. The third-order valence-electron chi connectivity index (χ3n) is 2.13. The van der Waals surface area contributed by atoms with Crippen LogP contribution in [-0.2, 0) is 6.54 Å². The van der Waals surface area contributed by atoms with Crippen molar-refractivity contribution in [2.45, 2.75) is 6.54 Å². The second-order valence-corrected chi connectivity index (χ2v) is 3.38. The van der Waals surface area contributed by atoms with E-state index in [2.05, 4.69) is 5.10 Å². The monoisotopic (exact) mass is 219 g/mol. The van der Waals surface area contributed by atoms with Gasteiger partial charge in [0, 0.05) is 6.07 Å². The largest absolute Gasteiger partial charge is 0.382 e. The molecule has 0 aliphatic carbocycles. The Morgan fingerprint density at radius 3 is 2.56 bits per heavy atom. The summed E-state index contributed by atoms with van der Waals surface area (Å²) in [6.07, 6.45) is 0. The van der Waals surface area contributed by atoms with Gasteiger partial charge in [0.2, 0.25) is 0 Å². The van der Waals surface area contributed by atoms with E-state index in [1.807, 2.05) is 0 Å². The van der Waals surface area contributed by atoms with Crippen molar-refractivity contribution in [3.8, 4) is 0 Å². The normalized spacial score (nSPS) is 10.3. The molecular formula is C11H10FN3O. The first kappa shape index (κ1) is 10.4. The van der Waals surface area contributed by atoms with Gasteiger partial charge in [-0.15, -0.1) is 0 Å². The average Bonchev–Trinajstić information content (AvgIpc) is 2.27. The third-order valence-corrected chi connectivity index (χ3v) is 2.13. The van der Waals surface area contributed by atoms with Crippen LogP contribution in [0.3, 0.4) is 0 Å². The van der Waals surface area contributed by atoms with Gasteiger partial charge in [0.15, 0.2) is 0 Å². The molecule has 2 N–H and O–H groups in total. The van der Waals surface area contributed by atoms with Crippen LogP contribution in [0.1, 0.15) is 5.56 Å². The van der Waals surface area contributed by atoms with Crippen molar-refractivity contribution in [3.05, 3.63) is 58.1 Å². The number of halogens is 1. The summed E-state index contributed by atoms with van der Waals surface area (Å²) in [6.45, 7) is 0.282. The fourth-order valence-electron chi connectivity index (χ4n) is 1.34. The van der Waals surface area contributed by atoms with Gasteiger partial charge in [-0.3, -0.25) is 4.79 Å². The van der Waals surface area contributed by atoms with Crippen molar-refractivity contribution in [1.82, 2.24) is 9.78 Å². The molecule has 0 saturated heterocycles. The highest BCUT2D eigenvalue weighted by molar-refractivity contribution is 5.24. The van der Waals surface area contributed by atoms with Gasteiger partial charge >= 0.3 is 0 Å². The van der Waals surface area contributed by atoms with Gasteiger partial charge in [-0.25, -0.2) is 9.07 Å². The van der Waals surface area contributed by atoms with Crippen LogP contribution in [0.5, 0.6) is 0 Å². The minimum Gasteiger partial charge on any atom is -0.382 e. The summed E-state index contributed by atoms with van der Waals surface area (Å²) in [5, 5.41) is 3.88. The predicted molar refractivity (Wildman–Crippen MR) is 58.4 cm³/mol. The van der Waals surface area contributed by atoms with Gasteiger partial charge in [0.1, 0.15) is 11.6 Å². The molecule has 0 radical (unpaired) electrons. The Kier molecular flexibility index (Phi) is 2.68. The Morgan fingerprint density at radius 1 is 1.19 bits per heavy atom. The lowest BCUT2D eigenvalue weighted by Crippen LogP contribution is -2.23. The smallest absolute Gasteiger partial charge is 0.267 e. The molecular weight excluding hydrogens is 209 g/mol. The lowest BCUT2D eigenvalue weighted by molar-refractivity contribution is 0.620. The van der Waals surface area contributed by atoms with Crippen LogP contribution in [0.4, 0.5) is 10.2 Å². The molecule has 4 nitrogen and oxygen atoms in total. The van der Waals surface area contributed by atoms with Crippen molar-refractivity contribution in [2.24, 2.45) is 0 Å². The molecule has 0 saturated carbocycles. The molecule has 0 bridgehead atoms. The predicted octanol–water partition coefficient (Wildman–Crippen LogP) is 1.01. The molecule has 1 heterocycles. The molecule has 0 atom stereocenters. The number of hydrogen-bond acceptors (Lipinski definition) is 3. The summed E-state index contributed by atoms with van der Waals surface area (Å²) in [7, 11) is 0. The first-order chi connectivity index (χ1) is 7.65. The van der Waals surface area contributed by atoms with Crippen LogP contribution >= 0.6 is 0 Å². The number of aromatic nitrogens is 2. The summed E-state index contributed by atoms with van der Waals surface area (Å²) in [5.74, 6) is -0.0293. The molecule has 2 aromatic rings. The Bertz CT molecular complexity index is 548. The van der Waals surface area contributed by atoms with Crippen molar-refractivity contribution < 1.29 is 4.39 Å². The molecule has 1 aromatic carbocycles. The van der Waals surface area contributed by atoms with Gasteiger partial charge in [-0.05, 0) is 23.8 Å². The number of anilines is 1. The van der Waals surface area contributed by atoms with Gasteiger partial charge in [0.25, 0.3) is 5.56 Å². The number of benzene rings is 1. The van der Waals surface area contributed by atoms with Gasteiger partial charge in [-0.1, -0.05) is 12.1 Å². The first-order valence-corrected chi connectivity index (χ1v) is 4.73. The standard InChI is InChI=1S/C11H10FN3O/c12-9-3-1-8(2-4-9)7-15-11(16)6-5-10(13)14-15/h1-6H,7H2,(H2,13,14). The van der Waals surface area contributed by atoms with Gasteiger partial charge in [0.05, 0.1) is 6.54 Å². The summed E-state index contributed by atoms with van der Waals surface area (Å²) in [5.41, 5.74) is 6.03. The zero-order chi connectivity index (χ0) is 11.5. The Hall–Kier alpha value is -2.17. The van der Waals surface area contributed by atoms with Crippen LogP contribution in [0, 0.1) is 5.82 Å². The highest BCUT2D eigenvalue weighted by Gasteiger charge is 2.00. The molecule has 16 heavy (non-hydrogen) atoms. The minimum absolute atomic E-state index is 0.237. The fraction of sp³-hybridized carbons (Fsp3) is 0.0909. The number of nitrogen functional groups attached to an aromatic ring is 1. The molecule has 1 aromatic heterocycles. The van der Waals surface area contributed by atoms with Crippen LogP contribution < -0.4 is 11.3 Å². The average molecular weight is 219 g/mol. The highest BCUT2D eigenvalue weighted by Crippen LogP contribution is 2.03. The molecule has 5 heteroatoms. The lowest BCUT2D eigenvalue weighted by atomic mass is 10.2. The number of nitrogens with zero attached hydrogens (tertiary/aromatic N) is 2. The number of rotatable bonds is 2. The van der Waals surface area contributed by atoms with E-state index in [-0.39, 0.29) is 23.7 Å². The summed E-state index contributed by atoms with van der Waals surface area (Å²) in [6, 6.07) is 8.69. The van der Waals surface area contributed by atoms with E-state index in [4.69, 9.17) is 5.73 Å². The lowest BCUT2D eigenvalue weighted by Gasteiger charge is -2.04. The Morgan fingerprint density at radius 2 is 1.88 bits per heavy atom. The number of nitrogens with two attached hydrogens (primary N) is 1. The molecule has 0 unspecified atom stereocenters. The first-order valence-electron chi connectivity index (χ1n) is 4.73. The SMILES string of the molecule is Nc1ccc(=O)n(Cc2ccc(F)cc2)n1. The van der Waals surface area contributed by atoms with E-state index in [1.54, 1.807) is 12.1 Å². The summed E-state index contributed by atoms with van der Waals surface area (Å²) >= 11 is 0. The topological polar surface area (TPSA) is 60.9 Å². The van der Waals surface area contributed by atoms with E-state index >= 15 is 0 Å². The van der Waals surface area contributed by atoms with Crippen molar-refractivity contribution in [1.29, 1.82) is 0 Å². The van der Waals surface area contributed by atoms with Gasteiger partial charge in [-0.2, -0.15) is 5.10 Å². The molecule has 82 valence electrons. The van der Waals surface area contributed by atoms with Crippen LogP contribution in [0.25, 0.3) is 0 Å². The van der Waals surface area contributed by atoms with Crippen molar-refractivity contribution in [3.63, 3.8) is 0 Å². The molecule has 0 aliphatic heterocycles. The maximum Gasteiger partial charge on any atom is 0.267 e. The minimum atomic E-state index is -0.309. The molecule has 2 rings (SSSR count). The highest BCUT2D eigenvalue weighted by atomic mass is 19.1. The van der Waals surface area contributed by atoms with Crippen LogP contribution in [-0.4, -0.2) is 9.78 Å². The van der Waals surface area contributed by atoms with Crippen molar-refractivity contribution in [2.75, 3.05) is 5.73 Å². The fourth-order valence-corrected chi connectivity index (χ4v) is 1.34. The second-order valence-electron chi connectivity index (χ2n) is 3.38. The summed E-state index contributed by atoms with van der Waals surface area (Å²) in [4.78, 5) is 11.4. The zero-order valence-electron chi connectivity index (χ0n) is 8.43. The second kappa shape index (κ2) is 4.14. The zero-order valence-corrected chi connectivity index (χ0v) is 8.43. The number of hydrogen-bond donors (Lipinski definition) is 1. The Balaban J connectivity index is 2.30. The maximum atomic E-state index is 12.7. The van der Waals surface area contributed by atoms with Crippen LogP contribution in [0.15, 0.2) is 41.2 Å². The molecule has 0 aliphatic rings. The molecule has 0 fully saturated rings. The van der Waals surface area contributed by atoms with Crippen molar-refractivity contribution >= 4 is 5.82 Å². The van der Waals surface area contributed by atoms with E-state index in [9.17, 15) is 9.18 Å².